The van der Waals surface area contributed by atoms with Crippen LogP contribution in [0.1, 0.15) is 43.2 Å². The highest BCUT2D eigenvalue weighted by atomic mass is 16.2. The number of hydrogen-bond donors (Lipinski definition) is 2. The molecule has 1 saturated heterocycles. The summed E-state index contributed by atoms with van der Waals surface area (Å²) in [7, 11) is 0. The number of benzene rings is 1. The first-order chi connectivity index (χ1) is 12.3. The van der Waals surface area contributed by atoms with Crippen molar-refractivity contribution in [3.8, 4) is 0 Å². The summed E-state index contributed by atoms with van der Waals surface area (Å²) in [6.07, 6.45) is 0.782. The lowest BCUT2D eigenvalue weighted by atomic mass is 10.1. The molecule has 0 unspecified atom stereocenters. The quantitative estimate of drug-likeness (QED) is 0.824. The Bertz CT molecular complexity index is 819. The summed E-state index contributed by atoms with van der Waals surface area (Å²) in [5.74, 6) is 0.0398. The van der Waals surface area contributed by atoms with Crippen LogP contribution in [0.4, 0.5) is 4.79 Å². The van der Waals surface area contributed by atoms with Crippen molar-refractivity contribution in [1.82, 2.24) is 20.1 Å². The van der Waals surface area contributed by atoms with E-state index in [-0.39, 0.29) is 17.5 Å². The highest BCUT2D eigenvalue weighted by Gasteiger charge is 2.26. The topological polar surface area (TPSA) is 68.4 Å². The Morgan fingerprint density at radius 2 is 1.69 bits per heavy atom. The minimum Gasteiger partial charge on any atom is -0.358 e. The molecule has 6 heteroatoms. The third-order valence-corrected chi connectivity index (χ3v) is 4.66. The van der Waals surface area contributed by atoms with Gasteiger partial charge in [0.2, 0.25) is 0 Å². The van der Waals surface area contributed by atoms with Gasteiger partial charge in [-0.3, -0.25) is 4.79 Å². The Morgan fingerprint density at radius 3 is 2.42 bits per heavy atom. The predicted molar refractivity (Wildman–Crippen MR) is 103 cm³/mol. The fourth-order valence-corrected chi connectivity index (χ4v) is 3.43. The van der Waals surface area contributed by atoms with Gasteiger partial charge >= 0.3 is 6.03 Å². The number of carbonyl (C=O) groups is 2. The van der Waals surface area contributed by atoms with Crippen molar-refractivity contribution in [3.63, 3.8) is 0 Å². The first kappa shape index (κ1) is 18.3. The zero-order valence-corrected chi connectivity index (χ0v) is 16.1. The molecular weight excluding hydrogens is 328 g/mol. The molecule has 1 aliphatic heterocycles. The number of urea groups is 1. The summed E-state index contributed by atoms with van der Waals surface area (Å²) in [5, 5.41) is 3.96. The molecule has 26 heavy (non-hydrogen) atoms. The zero-order chi connectivity index (χ0) is 18.9. The van der Waals surface area contributed by atoms with Gasteiger partial charge in [0.05, 0.1) is 5.56 Å². The Balaban J connectivity index is 1.73. The standard InChI is InChI=1S/C20H28N4O2/c1-14-17(15-8-5-6-9-16(15)21-14)18(25)23-10-7-11-24(13-12-23)19(26)22-20(2,3)4/h5-6,8-9,21H,7,10-13H2,1-4H3,(H,22,26). The van der Waals surface area contributed by atoms with E-state index < -0.39 is 0 Å². The first-order valence-corrected chi connectivity index (χ1v) is 9.20. The number of H-pyrrole nitrogens is 1. The molecular formula is C20H28N4O2. The van der Waals surface area contributed by atoms with E-state index in [4.69, 9.17) is 0 Å². The van der Waals surface area contributed by atoms with Gasteiger partial charge in [0.15, 0.2) is 0 Å². The van der Waals surface area contributed by atoms with Crippen molar-refractivity contribution in [2.75, 3.05) is 26.2 Å². The van der Waals surface area contributed by atoms with Gasteiger partial charge in [0.25, 0.3) is 5.91 Å². The molecule has 2 aromatic rings. The molecule has 3 amide bonds. The van der Waals surface area contributed by atoms with E-state index in [9.17, 15) is 9.59 Å². The zero-order valence-electron chi connectivity index (χ0n) is 16.1. The van der Waals surface area contributed by atoms with E-state index in [1.807, 2.05) is 56.9 Å². The van der Waals surface area contributed by atoms with Crippen LogP contribution in [-0.2, 0) is 0 Å². The number of nitrogens with zero attached hydrogens (tertiary/aromatic N) is 2. The molecule has 1 aliphatic rings. The molecule has 140 valence electrons. The third kappa shape index (κ3) is 3.84. The normalized spacial score (nSPS) is 15.8. The molecule has 2 N–H and O–H groups in total. The lowest BCUT2D eigenvalue weighted by Crippen LogP contribution is -2.49. The molecule has 3 rings (SSSR count). The summed E-state index contributed by atoms with van der Waals surface area (Å²) >= 11 is 0. The highest BCUT2D eigenvalue weighted by molar-refractivity contribution is 6.08. The summed E-state index contributed by atoms with van der Waals surface area (Å²) in [5.41, 5.74) is 2.35. The number of carbonyl (C=O) groups excluding carboxylic acids is 2. The lowest BCUT2D eigenvalue weighted by Gasteiger charge is -2.27. The summed E-state index contributed by atoms with van der Waals surface area (Å²) in [4.78, 5) is 32.5. The van der Waals surface area contributed by atoms with Crippen LogP contribution in [0.2, 0.25) is 0 Å². The van der Waals surface area contributed by atoms with Crippen LogP contribution < -0.4 is 5.32 Å². The van der Waals surface area contributed by atoms with Crippen LogP contribution in [0.15, 0.2) is 24.3 Å². The van der Waals surface area contributed by atoms with Gasteiger partial charge in [0.1, 0.15) is 0 Å². The van der Waals surface area contributed by atoms with Gasteiger partial charge in [-0.25, -0.2) is 4.79 Å². The fraction of sp³-hybridized carbons (Fsp3) is 0.500. The molecule has 0 saturated carbocycles. The monoisotopic (exact) mass is 356 g/mol. The van der Waals surface area contributed by atoms with E-state index in [1.165, 1.54) is 0 Å². The van der Waals surface area contributed by atoms with Crippen LogP contribution in [0, 0.1) is 6.92 Å². The van der Waals surface area contributed by atoms with Crippen LogP contribution >= 0.6 is 0 Å². The maximum absolute atomic E-state index is 13.1. The van der Waals surface area contributed by atoms with Gasteiger partial charge in [-0.15, -0.1) is 0 Å². The minimum absolute atomic E-state index is 0.0398. The number of rotatable bonds is 1. The van der Waals surface area contributed by atoms with Crippen molar-refractivity contribution in [2.24, 2.45) is 0 Å². The second kappa shape index (κ2) is 7.02. The lowest BCUT2D eigenvalue weighted by molar-refractivity contribution is 0.0763. The average Bonchev–Trinajstić information content (AvgIpc) is 2.73. The molecule has 0 bridgehead atoms. The van der Waals surface area contributed by atoms with E-state index in [1.54, 1.807) is 4.90 Å². The summed E-state index contributed by atoms with van der Waals surface area (Å²) in [6, 6.07) is 7.82. The van der Waals surface area contributed by atoms with Crippen molar-refractivity contribution < 1.29 is 9.59 Å². The Hall–Kier alpha value is -2.50. The van der Waals surface area contributed by atoms with Crippen molar-refractivity contribution in [1.29, 1.82) is 0 Å². The van der Waals surface area contributed by atoms with Gasteiger partial charge < -0.3 is 20.1 Å². The molecule has 0 radical (unpaired) electrons. The number of aryl methyl sites for hydroxylation is 1. The van der Waals surface area contributed by atoms with Crippen LogP contribution in [0.5, 0.6) is 0 Å². The van der Waals surface area contributed by atoms with Crippen molar-refractivity contribution in [3.05, 3.63) is 35.5 Å². The van der Waals surface area contributed by atoms with Crippen molar-refractivity contribution >= 4 is 22.8 Å². The maximum atomic E-state index is 13.1. The Labute approximate surface area is 154 Å². The van der Waals surface area contributed by atoms with E-state index >= 15 is 0 Å². The molecule has 0 atom stereocenters. The third-order valence-electron chi connectivity index (χ3n) is 4.66. The smallest absolute Gasteiger partial charge is 0.317 e. The van der Waals surface area contributed by atoms with Crippen LogP contribution in [-0.4, -0.2) is 58.4 Å². The Morgan fingerprint density at radius 1 is 1.04 bits per heavy atom. The van der Waals surface area contributed by atoms with Crippen molar-refractivity contribution in [2.45, 2.75) is 39.7 Å². The number of amides is 3. The van der Waals surface area contributed by atoms with Crippen LogP contribution in [0.25, 0.3) is 10.9 Å². The number of aromatic amines is 1. The SMILES string of the molecule is Cc1[nH]c2ccccc2c1C(=O)N1CCCN(C(=O)NC(C)(C)C)CC1. The molecule has 6 nitrogen and oxygen atoms in total. The second-order valence-electron chi connectivity index (χ2n) is 7.98. The average molecular weight is 356 g/mol. The second-order valence-corrected chi connectivity index (χ2v) is 7.98. The fourth-order valence-electron chi connectivity index (χ4n) is 3.43. The molecule has 2 heterocycles. The summed E-state index contributed by atoms with van der Waals surface area (Å²) in [6.45, 7) is 10.3. The van der Waals surface area contributed by atoms with Gasteiger partial charge in [-0.2, -0.15) is 0 Å². The molecule has 0 spiro atoms. The number of hydrogen-bond acceptors (Lipinski definition) is 2. The first-order valence-electron chi connectivity index (χ1n) is 9.20. The van der Waals surface area contributed by atoms with E-state index in [0.717, 1.165) is 28.6 Å². The van der Waals surface area contributed by atoms with Crippen LogP contribution in [0.3, 0.4) is 0 Å². The predicted octanol–water partition coefficient (Wildman–Crippen LogP) is 3.13. The molecule has 1 aromatic carbocycles. The van der Waals surface area contributed by atoms with Gasteiger partial charge in [0, 0.05) is 48.3 Å². The minimum atomic E-state index is -0.264. The number of nitrogens with one attached hydrogen (secondary N) is 2. The number of aromatic nitrogens is 1. The molecule has 1 fully saturated rings. The number of fused-ring (bicyclic) bond motifs is 1. The van der Waals surface area contributed by atoms with Gasteiger partial charge in [-0.05, 0) is 40.2 Å². The maximum Gasteiger partial charge on any atom is 0.317 e. The Kier molecular flexibility index (Phi) is 4.94. The largest absolute Gasteiger partial charge is 0.358 e. The number of para-hydroxylation sites is 1. The summed E-state index contributed by atoms with van der Waals surface area (Å²) < 4.78 is 0. The molecule has 1 aromatic heterocycles. The molecule has 0 aliphatic carbocycles. The highest BCUT2D eigenvalue weighted by Crippen LogP contribution is 2.24. The van der Waals surface area contributed by atoms with E-state index in [0.29, 0.717) is 26.2 Å². The van der Waals surface area contributed by atoms with E-state index in [2.05, 4.69) is 10.3 Å². The van der Waals surface area contributed by atoms with Gasteiger partial charge in [-0.1, -0.05) is 18.2 Å².